The van der Waals surface area contributed by atoms with Gasteiger partial charge in [0.2, 0.25) is 12.5 Å². The van der Waals surface area contributed by atoms with Crippen molar-refractivity contribution in [2.75, 3.05) is 41.3 Å². The number of carbonyl (C=O) groups excluding carboxylic acids is 1. The van der Waals surface area contributed by atoms with Gasteiger partial charge in [-0.25, -0.2) is 0 Å². The third-order valence-electron chi connectivity index (χ3n) is 9.11. The number of esters is 1. The molecule has 0 bridgehead atoms. The van der Waals surface area contributed by atoms with Crippen molar-refractivity contribution in [2.24, 2.45) is 11.8 Å². The predicted molar refractivity (Wildman–Crippen MR) is 145 cm³/mol. The van der Waals surface area contributed by atoms with Crippen molar-refractivity contribution in [3.05, 3.63) is 41.0 Å². The molecular weight excluding hydrogens is 566 g/mol. The van der Waals surface area contributed by atoms with Crippen LogP contribution in [0.15, 0.2) is 24.3 Å². The van der Waals surface area contributed by atoms with Gasteiger partial charge in [0.15, 0.2) is 35.6 Å². The summed E-state index contributed by atoms with van der Waals surface area (Å²) in [4.78, 5) is 13.5. The van der Waals surface area contributed by atoms with Gasteiger partial charge >= 0.3 is 5.97 Å². The van der Waals surface area contributed by atoms with Gasteiger partial charge in [-0.2, -0.15) is 0 Å². The summed E-state index contributed by atoms with van der Waals surface area (Å²) in [6, 6.07) is 6.49. The molecule has 2 aromatic carbocycles. The van der Waals surface area contributed by atoms with Crippen LogP contribution < -0.4 is 24.3 Å². The van der Waals surface area contributed by atoms with Gasteiger partial charge < -0.3 is 58.2 Å². The topological polar surface area (TPSA) is 153 Å². The second-order valence-corrected chi connectivity index (χ2v) is 11.3. The number of nitrogens with one attached hydrogen (secondary N) is 1. The number of cyclic esters (lactones) is 1. The van der Waals surface area contributed by atoms with Crippen molar-refractivity contribution < 1.29 is 57.6 Å². The fraction of sp³-hybridized carbons (Fsp3) is 0.567. The Balaban J connectivity index is 1.33. The highest BCUT2D eigenvalue weighted by molar-refractivity contribution is 5.79. The van der Waals surface area contributed by atoms with Gasteiger partial charge in [0, 0.05) is 11.8 Å². The maximum Gasteiger partial charge on any atom is 0.310 e. The Hall–Kier alpha value is -3.33. The minimum absolute atomic E-state index is 0.0609. The summed E-state index contributed by atoms with van der Waals surface area (Å²) in [7, 11) is 4.62. The van der Waals surface area contributed by atoms with E-state index in [1.807, 2.05) is 12.1 Å². The van der Waals surface area contributed by atoms with E-state index in [1.54, 1.807) is 26.1 Å². The number of carbonyl (C=O) groups is 1. The van der Waals surface area contributed by atoms with Gasteiger partial charge in [-0.15, -0.1) is 0 Å². The second kappa shape index (κ2) is 11.0. The highest BCUT2D eigenvalue weighted by Gasteiger charge is 2.56. The van der Waals surface area contributed by atoms with Gasteiger partial charge in [-0.05, 0) is 54.9 Å². The Labute approximate surface area is 247 Å². The zero-order chi connectivity index (χ0) is 30.0. The molecule has 10 atom stereocenters. The number of phenolic OH excluding ortho intramolecular Hbond substituents is 1. The van der Waals surface area contributed by atoms with Gasteiger partial charge in [0.1, 0.15) is 18.3 Å². The number of aliphatic hydroxyl groups is 1. The fourth-order valence-electron chi connectivity index (χ4n) is 7.06. The van der Waals surface area contributed by atoms with Crippen LogP contribution in [0.3, 0.4) is 0 Å². The number of ether oxygens (including phenoxy) is 9. The molecule has 0 unspecified atom stereocenters. The van der Waals surface area contributed by atoms with Gasteiger partial charge in [0.25, 0.3) is 0 Å². The SMILES string of the molecule is CN[C@H]1[C@H](O[C@@H]2c3cc4c(cc3[C@@H](c3cc(OC)c(O)c(OC)c3)[C@H]3C(=O)OC[C@@H]32)OCO4)O[C@@H]2CO[C@@H](C)O[C@H]2[C@@H]1O. The maximum atomic E-state index is 13.5. The highest BCUT2D eigenvalue weighted by Crippen LogP contribution is 2.57. The number of aliphatic hydroxyl groups excluding tert-OH is 1. The Bertz CT molecular complexity index is 1380. The first-order chi connectivity index (χ1) is 20.8. The third kappa shape index (κ3) is 4.57. The van der Waals surface area contributed by atoms with Crippen molar-refractivity contribution in [1.29, 1.82) is 0 Å². The third-order valence-corrected chi connectivity index (χ3v) is 9.11. The Morgan fingerprint density at radius 3 is 2.33 bits per heavy atom. The van der Waals surface area contributed by atoms with Crippen molar-refractivity contribution in [3.63, 3.8) is 0 Å². The van der Waals surface area contributed by atoms with Gasteiger partial charge in [-0.3, -0.25) is 4.79 Å². The minimum atomic E-state index is -0.943. The molecule has 2 aromatic rings. The molecule has 0 amide bonds. The summed E-state index contributed by atoms with van der Waals surface area (Å²) in [5.41, 5.74) is 2.21. The second-order valence-electron chi connectivity index (χ2n) is 11.3. The molecule has 5 aliphatic rings. The molecule has 13 nitrogen and oxygen atoms in total. The van der Waals surface area contributed by atoms with Crippen LogP contribution in [0.25, 0.3) is 0 Å². The number of rotatable bonds is 6. The van der Waals surface area contributed by atoms with E-state index >= 15 is 0 Å². The van der Waals surface area contributed by atoms with Crippen LogP contribution in [0.4, 0.5) is 0 Å². The van der Waals surface area contributed by atoms with E-state index in [1.165, 1.54) is 14.2 Å². The van der Waals surface area contributed by atoms with E-state index in [-0.39, 0.29) is 43.2 Å². The number of phenols is 1. The van der Waals surface area contributed by atoms with Crippen LogP contribution in [0, 0.1) is 11.8 Å². The van der Waals surface area contributed by atoms with Crippen LogP contribution >= 0.6 is 0 Å². The Kier molecular flexibility index (Phi) is 7.27. The normalized spacial score (nSPS) is 35.9. The summed E-state index contributed by atoms with van der Waals surface area (Å²) in [5, 5.41) is 25.0. The first-order valence-corrected chi connectivity index (χ1v) is 14.3. The number of likely N-dealkylation sites (N-methyl/N-ethyl adjacent to an activating group) is 1. The number of fused-ring (bicyclic) bond motifs is 4. The largest absolute Gasteiger partial charge is 0.502 e. The lowest BCUT2D eigenvalue weighted by Gasteiger charge is -2.49. The number of hydrogen-bond donors (Lipinski definition) is 3. The van der Waals surface area contributed by atoms with E-state index < -0.39 is 60.8 Å². The molecule has 4 heterocycles. The molecule has 3 saturated heterocycles. The van der Waals surface area contributed by atoms with Crippen molar-refractivity contribution in [1.82, 2.24) is 5.32 Å². The van der Waals surface area contributed by atoms with E-state index in [0.717, 1.165) is 11.1 Å². The number of hydrogen-bond acceptors (Lipinski definition) is 13. The number of aromatic hydroxyl groups is 1. The first kappa shape index (κ1) is 28.4. The standard InChI is InChI=1S/C30H35NO12/c1-12-37-10-21-28(41-12)26(33)24(31-2)30(42-21)43-27-15-8-18-17(39-11-40-18)7-14(15)22(23-16(27)9-38-29(23)34)13-5-19(35-3)25(32)20(6-13)36-4/h5-8,12,16,21-24,26-28,30-33H,9-11H2,1-4H3/t12-,16+,21-,22-,23+,24-,26-,27-,28-,30+/m1/s1. The molecule has 0 saturated carbocycles. The molecule has 3 N–H and O–H groups in total. The Morgan fingerprint density at radius 1 is 0.953 bits per heavy atom. The zero-order valence-corrected chi connectivity index (χ0v) is 24.2. The molecule has 0 radical (unpaired) electrons. The molecule has 13 heteroatoms. The van der Waals surface area contributed by atoms with Crippen LogP contribution in [-0.2, 0) is 28.5 Å². The van der Waals surface area contributed by atoms with E-state index in [2.05, 4.69) is 5.32 Å². The molecule has 1 aliphatic carbocycles. The number of methoxy groups -OCH3 is 2. The monoisotopic (exact) mass is 601 g/mol. The molecule has 43 heavy (non-hydrogen) atoms. The molecule has 4 aliphatic heterocycles. The average Bonchev–Trinajstić information content (AvgIpc) is 3.63. The van der Waals surface area contributed by atoms with Crippen molar-refractivity contribution >= 4 is 5.97 Å². The summed E-state index contributed by atoms with van der Waals surface area (Å²) in [6.45, 7) is 2.18. The van der Waals surface area contributed by atoms with E-state index in [0.29, 0.717) is 17.1 Å². The summed E-state index contributed by atoms with van der Waals surface area (Å²) in [6.07, 6.45) is -4.15. The van der Waals surface area contributed by atoms with Gasteiger partial charge in [0.05, 0.1) is 45.5 Å². The predicted octanol–water partition coefficient (Wildman–Crippen LogP) is 1.57. The van der Waals surface area contributed by atoms with E-state index in [9.17, 15) is 15.0 Å². The van der Waals surface area contributed by atoms with Crippen LogP contribution in [0.1, 0.15) is 35.6 Å². The van der Waals surface area contributed by atoms with Crippen LogP contribution in [0.5, 0.6) is 28.7 Å². The number of benzene rings is 2. The highest BCUT2D eigenvalue weighted by atomic mass is 16.7. The average molecular weight is 602 g/mol. The van der Waals surface area contributed by atoms with E-state index in [4.69, 9.17) is 42.6 Å². The zero-order valence-electron chi connectivity index (χ0n) is 24.2. The lowest BCUT2D eigenvalue weighted by molar-refractivity contribution is -0.346. The van der Waals surface area contributed by atoms with Crippen LogP contribution in [-0.4, -0.2) is 94.4 Å². The summed E-state index contributed by atoms with van der Waals surface area (Å²) in [5.74, 6) is -0.617. The quantitative estimate of drug-likeness (QED) is 0.411. The van der Waals surface area contributed by atoms with Gasteiger partial charge in [-0.1, -0.05) is 0 Å². The molecular formula is C30H35NO12. The molecule has 3 fully saturated rings. The lowest BCUT2D eigenvalue weighted by Crippen LogP contribution is -2.66. The first-order valence-electron chi connectivity index (χ1n) is 14.3. The summed E-state index contributed by atoms with van der Waals surface area (Å²) >= 11 is 0. The molecule has 7 rings (SSSR count). The molecule has 0 aromatic heterocycles. The Morgan fingerprint density at radius 2 is 1.65 bits per heavy atom. The fourth-order valence-corrected chi connectivity index (χ4v) is 7.06. The molecule has 232 valence electrons. The van der Waals surface area contributed by atoms with Crippen molar-refractivity contribution in [2.45, 2.75) is 55.9 Å². The van der Waals surface area contributed by atoms with Crippen molar-refractivity contribution in [3.8, 4) is 28.7 Å². The lowest BCUT2D eigenvalue weighted by atomic mass is 9.66. The summed E-state index contributed by atoms with van der Waals surface area (Å²) < 4.78 is 52.6. The minimum Gasteiger partial charge on any atom is -0.502 e. The maximum absolute atomic E-state index is 13.5. The van der Waals surface area contributed by atoms with Crippen LogP contribution in [0.2, 0.25) is 0 Å². The molecule has 0 spiro atoms. The smallest absolute Gasteiger partial charge is 0.310 e.